The van der Waals surface area contributed by atoms with Gasteiger partial charge in [0.2, 0.25) is 0 Å². The average Bonchev–Trinajstić information content (AvgIpc) is 3.09. The van der Waals surface area contributed by atoms with Crippen molar-refractivity contribution in [3.63, 3.8) is 0 Å². The summed E-state index contributed by atoms with van der Waals surface area (Å²) in [6.07, 6.45) is 3.59. The first-order valence-corrected chi connectivity index (χ1v) is 9.86. The zero-order valence-corrected chi connectivity index (χ0v) is 16.2. The highest BCUT2D eigenvalue weighted by Gasteiger charge is 2.19. The lowest BCUT2D eigenvalue weighted by Crippen LogP contribution is -2.06. The second-order valence-corrected chi connectivity index (χ2v) is 7.20. The van der Waals surface area contributed by atoms with Crippen molar-refractivity contribution in [1.82, 2.24) is 19.7 Å². The van der Waals surface area contributed by atoms with Crippen LogP contribution in [0.4, 0.5) is 0 Å². The molecule has 136 valence electrons. The van der Waals surface area contributed by atoms with Crippen molar-refractivity contribution in [3.8, 4) is 17.1 Å². The summed E-state index contributed by atoms with van der Waals surface area (Å²) in [5.74, 6) is 2.05. The molecule has 6 heteroatoms. The van der Waals surface area contributed by atoms with Crippen molar-refractivity contribution in [1.29, 1.82) is 0 Å². The van der Waals surface area contributed by atoms with E-state index in [0.29, 0.717) is 12.5 Å². The zero-order chi connectivity index (χ0) is 18.4. The van der Waals surface area contributed by atoms with Gasteiger partial charge in [-0.1, -0.05) is 43.8 Å². The van der Waals surface area contributed by atoms with Gasteiger partial charge in [-0.2, -0.15) is 0 Å². The molecule has 5 nitrogen and oxygen atoms in total. The predicted octanol–water partition coefficient (Wildman–Crippen LogP) is 4.58. The van der Waals surface area contributed by atoms with Crippen LogP contribution in [-0.4, -0.2) is 38.7 Å². The summed E-state index contributed by atoms with van der Waals surface area (Å²) in [6.45, 7) is 7.84. The summed E-state index contributed by atoms with van der Waals surface area (Å²) < 4.78 is 7.61. The Kier molecular flexibility index (Phi) is 6.41. The molecule has 0 fully saturated rings. The smallest absolute Gasteiger partial charge is 0.196 e. The van der Waals surface area contributed by atoms with Gasteiger partial charge in [0.05, 0.1) is 12.3 Å². The summed E-state index contributed by atoms with van der Waals surface area (Å²) in [4.78, 5) is 4.24. The molecule has 0 N–H and O–H groups in total. The molecule has 26 heavy (non-hydrogen) atoms. The van der Waals surface area contributed by atoms with E-state index in [4.69, 9.17) is 4.74 Å². The minimum atomic E-state index is 0.400. The highest BCUT2D eigenvalue weighted by Crippen LogP contribution is 2.31. The zero-order valence-electron chi connectivity index (χ0n) is 15.4. The lowest BCUT2D eigenvalue weighted by Gasteiger charge is -2.16. The van der Waals surface area contributed by atoms with Crippen LogP contribution < -0.4 is 0 Å². The van der Waals surface area contributed by atoms with Crippen molar-refractivity contribution in [2.75, 3.05) is 19.0 Å². The highest BCUT2D eigenvalue weighted by atomic mass is 32.2. The number of hydrogen-bond donors (Lipinski definition) is 0. The average molecular weight is 369 g/mol. The Morgan fingerprint density at radius 2 is 1.96 bits per heavy atom. The van der Waals surface area contributed by atoms with E-state index >= 15 is 0 Å². The SMILES string of the molecule is CCOCCSc1nnc(-c2cccnc2)n1-c1ccccc1C(C)C. The first kappa shape index (κ1) is 18.6. The van der Waals surface area contributed by atoms with Gasteiger partial charge < -0.3 is 4.74 Å². The summed E-state index contributed by atoms with van der Waals surface area (Å²) in [6, 6.07) is 12.4. The maximum atomic E-state index is 5.47. The standard InChI is InChI=1S/C20H24N4OS/c1-4-25-12-13-26-20-23-22-19(16-8-7-11-21-14-16)24(20)18-10-6-5-9-17(18)15(2)3/h5-11,14-15H,4,12-13H2,1-3H3. The van der Waals surface area contributed by atoms with E-state index in [1.807, 2.05) is 25.3 Å². The van der Waals surface area contributed by atoms with Gasteiger partial charge >= 0.3 is 0 Å². The molecule has 0 saturated heterocycles. The Balaban J connectivity index is 2.07. The number of aromatic nitrogens is 4. The number of rotatable bonds is 8. The number of pyridine rings is 1. The monoisotopic (exact) mass is 368 g/mol. The summed E-state index contributed by atoms with van der Waals surface area (Å²) in [5.41, 5.74) is 3.34. The Hall–Kier alpha value is -2.18. The molecule has 0 amide bonds. The van der Waals surface area contributed by atoms with Crippen LogP contribution in [0.1, 0.15) is 32.3 Å². The van der Waals surface area contributed by atoms with Crippen LogP contribution >= 0.6 is 11.8 Å². The fourth-order valence-electron chi connectivity index (χ4n) is 2.78. The van der Waals surface area contributed by atoms with E-state index in [-0.39, 0.29) is 0 Å². The van der Waals surface area contributed by atoms with Gasteiger partial charge in [0.1, 0.15) is 0 Å². The summed E-state index contributed by atoms with van der Waals surface area (Å²) in [7, 11) is 0. The molecular weight excluding hydrogens is 344 g/mol. The van der Waals surface area contributed by atoms with Crippen LogP contribution in [0, 0.1) is 0 Å². The molecular formula is C20H24N4OS. The van der Waals surface area contributed by atoms with Gasteiger partial charge in [0.15, 0.2) is 11.0 Å². The molecule has 2 heterocycles. The molecule has 0 bridgehead atoms. The third-order valence-corrected chi connectivity index (χ3v) is 4.91. The van der Waals surface area contributed by atoms with Crippen LogP contribution in [-0.2, 0) is 4.74 Å². The van der Waals surface area contributed by atoms with Gasteiger partial charge in [-0.15, -0.1) is 10.2 Å². The van der Waals surface area contributed by atoms with E-state index in [9.17, 15) is 0 Å². The third-order valence-electron chi connectivity index (χ3n) is 4.02. The predicted molar refractivity (Wildman–Crippen MR) is 106 cm³/mol. The van der Waals surface area contributed by atoms with Gasteiger partial charge in [0, 0.05) is 30.3 Å². The number of thioether (sulfide) groups is 1. The molecule has 0 saturated carbocycles. The number of nitrogens with zero attached hydrogens (tertiary/aromatic N) is 4. The quantitative estimate of drug-likeness (QED) is 0.430. The fourth-order valence-corrected chi connectivity index (χ4v) is 3.57. The minimum absolute atomic E-state index is 0.400. The molecule has 3 rings (SSSR count). The third kappa shape index (κ3) is 4.14. The highest BCUT2D eigenvalue weighted by molar-refractivity contribution is 7.99. The Bertz CT molecular complexity index is 833. The van der Waals surface area contributed by atoms with E-state index in [1.54, 1.807) is 18.0 Å². The van der Waals surface area contributed by atoms with Crippen molar-refractivity contribution in [3.05, 3.63) is 54.4 Å². The van der Waals surface area contributed by atoms with Gasteiger partial charge in [-0.25, -0.2) is 0 Å². The normalized spacial score (nSPS) is 11.2. The van der Waals surface area contributed by atoms with Crippen molar-refractivity contribution in [2.24, 2.45) is 0 Å². The van der Waals surface area contributed by atoms with E-state index in [2.05, 4.69) is 57.9 Å². The molecule has 1 aromatic carbocycles. The number of ether oxygens (including phenoxy) is 1. The van der Waals surface area contributed by atoms with E-state index < -0.39 is 0 Å². The Morgan fingerprint density at radius 1 is 1.12 bits per heavy atom. The number of benzene rings is 1. The lowest BCUT2D eigenvalue weighted by molar-refractivity contribution is 0.164. The molecule has 3 aromatic rings. The van der Waals surface area contributed by atoms with Crippen LogP contribution in [0.15, 0.2) is 53.9 Å². The van der Waals surface area contributed by atoms with Gasteiger partial charge in [-0.05, 0) is 36.6 Å². The maximum Gasteiger partial charge on any atom is 0.196 e. The largest absolute Gasteiger partial charge is 0.381 e. The topological polar surface area (TPSA) is 52.8 Å². The first-order chi connectivity index (χ1) is 12.7. The van der Waals surface area contributed by atoms with Crippen LogP contribution in [0.2, 0.25) is 0 Å². The molecule has 0 radical (unpaired) electrons. The van der Waals surface area contributed by atoms with E-state index in [1.165, 1.54) is 5.56 Å². The van der Waals surface area contributed by atoms with Crippen LogP contribution in [0.25, 0.3) is 17.1 Å². The van der Waals surface area contributed by atoms with Crippen molar-refractivity contribution < 1.29 is 4.74 Å². The maximum absolute atomic E-state index is 5.47. The first-order valence-electron chi connectivity index (χ1n) is 8.88. The molecule has 0 atom stereocenters. The van der Waals surface area contributed by atoms with E-state index in [0.717, 1.165) is 34.6 Å². The van der Waals surface area contributed by atoms with Gasteiger partial charge in [-0.3, -0.25) is 9.55 Å². The van der Waals surface area contributed by atoms with Gasteiger partial charge in [0.25, 0.3) is 0 Å². The number of para-hydroxylation sites is 1. The van der Waals surface area contributed by atoms with Crippen LogP contribution in [0.5, 0.6) is 0 Å². The summed E-state index contributed by atoms with van der Waals surface area (Å²) >= 11 is 1.66. The molecule has 0 aliphatic heterocycles. The molecule has 2 aromatic heterocycles. The second-order valence-electron chi connectivity index (χ2n) is 6.14. The molecule has 0 aliphatic rings. The fraction of sp³-hybridized carbons (Fsp3) is 0.350. The molecule has 0 spiro atoms. The lowest BCUT2D eigenvalue weighted by atomic mass is 10.0. The molecule has 0 aliphatic carbocycles. The minimum Gasteiger partial charge on any atom is -0.381 e. The van der Waals surface area contributed by atoms with Crippen molar-refractivity contribution in [2.45, 2.75) is 31.8 Å². The Labute approximate surface area is 158 Å². The van der Waals surface area contributed by atoms with Crippen LogP contribution in [0.3, 0.4) is 0 Å². The Morgan fingerprint density at radius 3 is 2.69 bits per heavy atom. The van der Waals surface area contributed by atoms with Crippen molar-refractivity contribution >= 4 is 11.8 Å². The molecule has 0 unspecified atom stereocenters. The number of hydrogen-bond acceptors (Lipinski definition) is 5. The summed E-state index contributed by atoms with van der Waals surface area (Å²) in [5, 5.41) is 9.80. The second kappa shape index (κ2) is 8.96.